The number of hydrogen-bond acceptors (Lipinski definition) is 5. The molecule has 144 valence electrons. The van der Waals surface area contributed by atoms with Crippen molar-refractivity contribution < 1.29 is 4.79 Å². The highest BCUT2D eigenvalue weighted by molar-refractivity contribution is 7.12. The van der Waals surface area contributed by atoms with Crippen LogP contribution >= 0.6 is 11.3 Å². The number of rotatable bonds is 7. The lowest BCUT2D eigenvalue weighted by molar-refractivity contribution is 0.0943. The Hall–Kier alpha value is -3.81. The Morgan fingerprint density at radius 1 is 1.21 bits per heavy atom. The fourth-order valence-corrected chi connectivity index (χ4v) is 3.81. The largest absolute Gasteiger partial charge is 0.354 e. The maximum absolute atomic E-state index is 13.0. The third kappa shape index (κ3) is 4.06. The summed E-state index contributed by atoms with van der Waals surface area (Å²) in [5.41, 5.74) is 11.9. The minimum atomic E-state index is -0.410. The van der Waals surface area contributed by atoms with Gasteiger partial charge in [0.1, 0.15) is 10.5 Å². The van der Waals surface area contributed by atoms with Crippen molar-refractivity contribution in [3.05, 3.63) is 87.2 Å². The van der Waals surface area contributed by atoms with Gasteiger partial charge in [0, 0.05) is 22.7 Å². The SMILES string of the molecule is [N-]=[N+]=NCC(NC(=O)c1sccc1Nc1ccnc2[nH]ccc12)c1ccccc1. The van der Waals surface area contributed by atoms with Crippen LogP contribution in [0.15, 0.2) is 71.4 Å². The number of pyridine rings is 1. The van der Waals surface area contributed by atoms with Crippen molar-refractivity contribution in [3.63, 3.8) is 0 Å². The summed E-state index contributed by atoms with van der Waals surface area (Å²) in [6, 6.07) is 14.7. The van der Waals surface area contributed by atoms with Crippen LogP contribution in [0.1, 0.15) is 21.3 Å². The molecule has 9 heteroatoms. The van der Waals surface area contributed by atoms with Gasteiger partial charge in [-0.15, -0.1) is 11.3 Å². The Morgan fingerprint density at radius 2 is 2.07 bits per heavy atom. The van der Waals surface area contributed by atoms with E-state index in [4.69, 9.17) is 5.53 Å². The first-order chi connectivity index (χ1) is 14.3. The number of fused-ring (bicyclic) bond motifs is 1. The first-order valence-corrected chi connectivity index (χ1v) is 9.77. The lowest BCUT2D eigenvalue weighted by Crippen LogP contribution is -2.30. The molecule has 0 saturated carbocycles. The molecule has 3 aromatic heterocycles. The first kappa shape index (κ1) is 18.5. The van der Waals surface area contributed by atoms with Crippen LogP contribution in [0.2, 0.25) is 0 Å². The number of aromatic amines is 1. The number of amides is 1. The van der Waals surface area contributed by atoms with E-state index in [0.29, 0.717) is 10.6 Å². The summed E-state index contributed by atoms with van der Waals surface area (Å²) in [6.45, 7) is 0.134. The molecule has 1 unspecified atom stereocenters. The zero-order valence-electron chi connectivity index (χ0n) is 15.2. The van der Waals surface area contributed by atoms with Gasteiger partial charge in [0.2, 0.25) is 0 Å². The molecular formula is C20H17N7OS. The molecule has 0 saturated heterocycles. The Kier molecular flexibility index (Phi) is 5.42. The van der Waals surface area contributed by atoms with Gasteiger partial charge in [0.05, 0.1) is 24.0 Å². The number of aromatic nitrogens is 2. The summed E-state index contributed by atoms with van der Waals surface area (Å²) in [5, 5.41) is 12.7. The zero-order chi connectivity index (χ0) is 20.1. The minimum Gasteiger partial charge on any atom is -0.354 e. The van der Waals surface area contributed by atoms with Gasteiger partial charge in [-0.05, 0) is 34.7 Å². The summed E-state index contributed by atoms with van der Waals surface area (Å²) in [6.07, 6.45) is 3.53. The Morgan fingerprint density at radius 3 is 2.90 bits per heavy atom. The van der Waals surface area contributed by atoms with Gasteiger partial charge in [-0.1, -0.05) is 35.4 Å². The third-order valence-corrected chi connectivity index (χ3v) is 5.35. The molecular weight excluding hydrogens is 386 g/mol. The normalized spacial score (nSPS) is 11.6. The monoisotopic (exact) mass is 403 g/mol. The Bertz CT molecular complexity index is 1180. The molecule has 1 atom stereocenters. The van der Waals surface area contributed by atoms with Crippen LogP contribution in [0.4, 0.5) is 11.4 Å². The van der Waals surface area contributed by atoms with Gasteiger partial charge in [-0.3, -0.25) is 4.79 Å². The molecule has 0 fully saturated rings. The summed E-state index contributed by atoms with van der Waals surface area (Å²) < 4.78 is 0. The Labute approximate surface area is 170 Å². The number of thiophene rings is 1. The molecule has 0 aliphatic rings. The lowest BCUT2D eigenvalue weighted by atomic mass is 10.1. The summed E-state index contributed by atoms with van der Waals surface area (Å²) in [5.74, 6) is -0.233. The van der Waals surface area contributed by atoms with Gasteiger partial charge < -0.3 is 15.6 Å². The van der Waals surface area contributed by atoms with Crippen molar-refractivity contribution in [3.8, 4) is 0 Å². The van der Waals surface area contributed by atoms with Gasteiger partial charge in [-0.25, -0.2) is 4.98 Å². The number of carbonyl (C=O) groups excluding carboxylic acids is 1. The highest BCUT2D eigenvalue weighted by Gasteiger charge is 2.19. The second-order valence-electron chi connectivity index (χ2n) is 6.24. The number of H-pyrrole nitrogens is 1. The molecule has 4 rings (SSSR count). The number of carbonyl (C=O) groups is 1. The fraction of sp³-hybridized carbons (Fsp3) is 0.100. The maximum atomic E-state index is 13.0. The highest BCUT2D eigenvalue weighted by Crippen LogP contribution is 2.30. The van der Waals surface area contributed by atoms with Gasteiger partial charge >= 0.3 is 0 Å². The van der Waals surface area contributed by atoms with Crippen molar-refractivity contribution in [2.75, 3.05) is 11.9 Å². The Balaban J connectivity index is 1.57. The standard InChI is InChI=1S/C20H17N7OS/c21-27-24-12-17(13-4-2-1-3-5-13)26-20(28)18-16(8-11-29-18)25-15-7-10-23-19-14(15)6-9-22-19/h1-11,17H,12H2,(H,26,28)(H2,22,23,25). The summed E-state index contributed by atoms with van der Waals surface area (Å²) in [7, 11) is 0. The van der Waals surface area contributed by atoms with Crippen LogP contribution in [-0.4, -0.2) is 22.4 Å². The fourth-order valence-electron chi connectivity index (χ4n) is 3.06. The van der Waals surface area contributed by atoms with Crippen molar-refractivity contribution in [2.24, 2.45) is 5.11 Å². The summed E-state index contributed by atoms with van der Waals surface area (Å²) >= 11 is 1.34. The van der Waals surface area contributed by atoms with Crippen LogP contribution in [0, 0.1) is 0 Å². The lowest BCUT2D eigenvalue weighted by Gasteiger charge is -2.17. The summed E-state index contributed by atoms with van der Waals surface area (Å²) in [4.78, 5) is 23.7. The number of nitrogens with one attached hydrogen (secondary N) is 3. The molecule has 3 heterocycles. The highest BCUT2D eigenvalue weighted by atomic mass is 32.1. The number of azide groups is 1. The molecule has 3 N–H and O–H groups in total. The van der Waals surface area contributed by atoms with Crippen LogP contribution < -0.4 is 10.6 Å². The van der Waals surface area contributed by atoms with E-state index in [1.54, 1.807) is 6.20 Å². The predicted molar refractivity (Wildman–Crippen MR) is 114 cm³/mol. The van der Waals surface area contributed by atoms with Crippen molar-refractivity contribution in [1.29, 1.82) is 0 Å². The van der Waals surface area contributed by atoms with Crippen molar-refractivity contribution >= 4 is 39.7 Å². The topological polar surface area (TPSA) is 119 Å². The number of benzene rings is 1. The average molecular weight is 403 g/mol. The second kappa shape index (κ2) is 8.47. The molecule has 0 aliphatic heterocycles. The molecule has 29 heavy (non-hydrogen) atoms. The molecule has 0 bridgehead atoms. The molecule has 0 spiro atoms. The van der Waals surface area contributed by atoms with Gasteiger partial charge in [0.25, 0.3) is 5.91 Å². The molecule has 1 amide bonds. The van der Waals surface area contributed by atoms with E-state index in [9.17, 15) is 4.79 Å². The van der Waals surface area contributed by atoms with Gasteiger partial charge in [-0.2, -0.15) is 0 Å². The van der Waals surface area contributed by atoms with E-state index >= 15 is 0 Å². The van der Waals surface area contributed by atoms with Crippen LogP contribution in [0.3, 0.4) is 0 Å². The van der Waals surface area contributed by atoms with E-state index in [1.807, 2.05) is 60.1 Å². The maximum Gasteiger partial charge on any atom is 0.263 e. The number of anilines is 2. The number of nitrogens with zero attached hydrogens (tertiary/aromatic N) is 4. The van der Waals surface area contributed by atoms with Crippen molar-refractivity contribution in [2.45, 2.75) is 6.04 Å². The molecule has 0 aliphatic carbocycles. The minimum absolute atomic E-state index is 0.134. The molecule has 0 radical (unpaired) electrons. The first-order valence-electron chi connectivity index (χ1n) is 8.89. The second-order valence-corrected chi connectivity index (χ2v) is 7.15. The van der Waals surface area contributed by atoms with Crippen LogP contribution in [-0.2, 0) is 0 Å². The van der Waals surface area contributed by atoms with E-state index < -0.39 is 6.04 Å². The molecule has 8 nitrogen and oxygen atoms in total. The van der Waals surface area contributed by atoms with Crippen LogP contribution in [0.5, 0.6) is 0 Å². The van der Waals surface area contributed by atoms with Crippen LogP contribution in [0.25, 0.3) is 21.5 Å². The quantitative estimate of drug-likeness (QED) is 0.225. The number of hydrogen-bond donors (Lipinski definition) is 3. The third-order valence-electron chi connectivity index (χ3n) is 4.44. The molecule has 4 aromatic rings. The van der Waals surface area contributed by atoms with E-state index in [0.717, 1.165) is 22.3 Å². The average Bonchev–Trinajstić information content (AvgIpc) is 3.41. The zero-order valence-corrected chi connectivity index (χ0v) is 16.1. The van der Waals surface area contributed by atoms with E-state index in [1.165, 1.54) is 11.3 Å². The van der Waals surface area contributed by atoms with Crippen molar-refractivity contribution in [1.82, 2.24) is 15.3 Å². The van der Waals surface area contributed by atoms with Gasteiger partial charge in [0.15, 0.2) is 0 Å². The smallest absolute Gasteiger partial charge is 0.263 e. The predicted octanol–water partition coefficient (Wildman–Crippen LogP) is 5.15. The molecule has 1 aromatic carbocycles. The van der Waals surface area contributed by atoms with E-state index in [-0.39, 0.29) is 12.5 Å². The van der Waals surface area contributed by atoms with E-state index in [2.05, 4.69) is 30.6 Å².